The quantitative estimate of drug-likeness (QED) is 0.532. The third-order valence-corrected chi connectivity index (χ3v) is 2.75. The van der Waals surface area contributed by atoms with Crippen molar-refractivity contribution in [3.8, 4) is 23.3 Å². The molecule has 1 rings (SSSR count). The molecule has 0 saturated heterocycles. The molecule has 0 aromatic heterocycles. The molecule has 0 aliphatic heterocycles. The number of phenols is 2. The van der Waals surface area contributed by atoms with Crippen LogP contribution in [0, 0.1) is 11.3 Å². The van der Waals surface area contributed by atoms with Crippen molar-refractivity contribution in [1.29, 1.82) is 5.26 Å². The van der Waals surface area contributed by atoms with Gasteiger partial charge in [-0.05, 0) is 18.6 Å². The summed E-state index contributed by atoms with van der Waals surface area (Å²) in [6, 6.07) is 3.30. The van der Waals surface area contributed by atoms with E-state index in [4.69, 9.17) is 25.6 Å². The number of benzene rings is 1. The number of carbonyl (C=O) groups is 1. The van der Waals surface area contributed by atoms with Gasteiger partial charge in [-0.2, -0.15) is 5.26 Å². The van der Waals surface area contributed by atoms with E-state index in [9.17, 15) is 15.0 Å². The van der Waals surface area contributed by atoms with Gasteiger partial charge in [0.15, 0.2) is 17.6 Å². The van der Waals surface area contributed by atoms with Gasteiger partial charge >= 0.3 is 5.97 Å². The SMILES string of the molecule is COc1cc([C@@H](C#N)OCC[C@H](N)C(=O)O)cc(O)c1O. The highest BCUT2D eigenvalue weighted by Crippen LogP contribution is 2.38. The highest BCUT2D eigenvalue weighted by molar-refractivity contribution is 5.72. The van der Waals surface area contributed by atoms with Gasteiger partial charge in [-0.1, -0.05) is 0 Å². The number of aliphatic carboxylic acids is 1. The topological polar surface area (TPSA) is 146 Å². The van der Waals surface area contributed by atoms with Gasteiger partial charge < -0.3 is 30.5 Å². The summed E-state index contributed by atoms with van der Waals surface area (Å²) in [4.78, 5) is 10.6. The summed E-state index contributed by atoms with van der Waals surface area (Å²) in [5.41, 5.74) is 5.59. The highest BCUT2D eigenvalue weighted by Gasteiger charge is 2.18. The first-order valence-electron chi connectivity index (χ1n) is 6.00. The van der Waals surface area contributed by atoms with Gasteiger partial charge in [-0.15, -0.1) is 0 Å². The molecule has 0 spiro atoms. The Morgan fingerprint density at radius 1 is 1.48 bits per heavy atom. The predicted molar refractivity (Wildman–Crippen MR) is 70.9 cm³/mol. The predicted octanol–water partition coefficient (Wildman–Crippen LogP) is 0.490. The molecule has 0 unspecified atom stereocenters. The molecule has 8 heteroatoms. The van der Waals surface area contributed by atoms with Crippen molar-refractivity contribution in [3.63, 3.8) is 0 Å². The fourth-order valence-electron chi connectivity index (χ4n) is 1.57. The molecular weight excluding hydrogens is 280 g/mol. The second-order valence-corrected chi connectivity index (χ2v) is 4.20. The first-order valence-corrected chi connectivity index (χ1v) is 6.00. The Hall–Kier alpha value is -2.50. The second-order valence-electron chi connectivity index (χ2n) is 4.20. The Balaban J connectivity index is 2.79. The molecule has 0 radical (unpaired) electrons. The van der Waals surface area contributed by atoms with Crippen LogP contribution in [-0.4, -0.2) is 41.0 Å². The molecule has 1 aromatic carbocycles. The number of carboxylic acids is 1. The molecule has 0 amide bonds. The first-order chi connectivity index (χ1) is 9.90. The smallest absolute Gasteiger partial charge is 0.320 e. The number of nitrogens with two attached hydrogens (primary N) is 1. The van der Waals surface area contributed by atoms with Crippen molar-refractivity contribution in [3.05, 3.63) is 17.7 Å². The molecule has 1 aromatic rings. The van der Waals surface area contributed by atoms with Crippen LogP contribution in [0.25, 0.3) is 0 Å². The fourth-order valence-corrected chi connectivity index (χ4v) is 1.57. The number of phenolic OH excluding ortho intramolecular Hbond substituents is 2. The average Bonchev–Trinajstić information content (AvgIpc) is 2.46. The van der Waals surface area contributed by atoms with E-state index in [1.165, 1.54) is 19.2 Å². The molecule has 0 bridgehead atoms. The lowest BCUT2D eigenvalue weighted by atomic mass is 10.1. The normalized spacial score (nSPS) is 13.2. The number of nitriles is 1. The number of ether oxygens (including phenoxy) is 2. The van der Waals surface area contributed by atoms with Crippen LogP contribution in [0.3, 0.4) is 0 Å². The van der Waals surface area contributed by atoms with Crippen molar-refractivity contribution >= 4 is 5.97 Å². The Kier molecular flexibility index (Phi) is 5.78. The molecule has 0 aliphatic carbocycles. The van der Waals surface area contributed by atoms with Crippen molar-refractivity contribution in [2.45, 2.75) is 18.6 Å². The second kappa shape index (κ2) is 7.33. The summed E-state index contributed by atoms with van der Waals surface area (Å²) in [5.74, 6) is -2.05. The van der Waals surface area contributed by atoms with Gasteiger partial charge in [0.2, 0.25) is 5.75 Å². The van der Waals surface area contributed by atoms with E-state index >= 15 is 0 Å². The summed E-state index contributed by atoms with van der Waals surface area (Å²) in [7, 11) is 1.30. The van der Waals surface area contributed by atoms with Crippen LogP contribution < -0.4 is 10.5 Å². The maximum absolute atomic E-state index is 10.6. The van der Waals surface area contributed by atoms with Gasteiger partial charge in [0.05, 0.1) is 19.8 Å². The molecule has 0 saturated carbocycles. The number of aromatic hydroxyl groups is 2. The van der Waals surface area contributed by atoms with E-state index in [0.717, 1.165) is 0 Å². The van der Waals surface area contributed by atoms with E-state index in [1.807, 2.05) is 6.07 Å². The Bertz CT molecular complexity index is 554. The minimum absolute atomic E-state index is 0.00362. The third-order valence-electron chi connectivity index (χ3n) is 2.75. The lowest BCUT2D eigenvalue weighted by molar-refractivity contribution is -0.139. The highest BCUT2D eigenvalue weighted by atomic mass is 16.5. The van der Waals surface area contributed by atoms with Crippen LogP contribution in [0.2, 0.25) is 0 Å². The molecule has 21 heavy (non-hydrogen) atoms. The first kappa shape index (κ1) is 16.6. The summed E-state index contributed by atoms with van der Waals surface area (Å²) in [5, 5.41) is 36.8. The fraction of sp³-hybridized carbons (Fsp3) is 0.385. The maximum atomic E-state index is 10.6. The molecule has 0 aliphatic rings. The van der Waals surface area contributed by atoms with Gasteiger partial charge in [-0.25, -0.2) is 0 Å². The van der Waals surface area contributed by atoms with E-state index in [-0.39, 0.29) is 24.3 Å². The molecule has 2 atom stereocenters. The number of hydrogen-bond donors (Lipinski definition) is 4. The van der Waals surface area contributed by atoms with E-state index in [1.54, 1.807) is 0 Å². The number of nitrogens with zero attached hydrogens (tertiary/aromatic N) is 1. The maximum Gasteiger partial charge on any atom is 0.320 e. The van der Waals surface area contributed by atoms with Crippen molar-refractivity contribution in [1.82, 2.24) is 0 Å². The molecular formula is C13H16N2O6. The largest absolute Gasteiger partial charge is 0.504 e. The Labute approximate surface area is 120 Å². The standard InChI is InChI=1S/C13H16N2O6/c1-20-10-5-7(4-9(16)12(10)17)11(6-14)21-3-2-8(15)13(18)19/h4-5,8,11,16-17H,2-3,15H2,1H3,(H,18,19)/t8-,11+/m0/s1. The van der Waals surface area contributed by atoms with E-state index in [0.29, 0.717) is 0 Å². The minimum atomic E-state index is -1.16. The van der Waals surface area contributed by atoms with Crippen LogP contribution in [0.4, 0.5) is 0 Å². The van der Waals surface area contributed by atoms with Gasteiger partial charge in [0, 0.05) is 5.56 Å². The Morgan fingerprint density at radius 3 is 2.67 bits per heavy atom. The average molecular weight is 296 g/mol. The van der Waals surface area contributed by atoms with Gasteiger partial charge in [0.25, 0.3) is 0 Å². The summed E-state index contributed by atoms with van der Waals surface area (Å²) in [6.07, 6.45) is -1.01. The number of rotatable bonds is 7. The number of methoxy groups -OCH3 is 1. The molecule has 0 heterocycles. The van der Waals surface area contributed by atoms with Crippen LogP contribution in [-0.2, 0) is 9.53 Å². The number of carboxylic acid groups (broad SMARTS) is 1. The van der Waals surface area contributed by atoms with Gasteiger partial charge in [-0.3, -0.25) is 4.79 Å². The third kappa shape index (κ3) is 4.24. The number of hydrogen-bond acceptors (Lipinski definition) is 7. The van der Waals surface area contributed by atoms with E-state index < -0.39 is 29.6 Å². The zero-order valence-corrected chi connectivity index (χ0v) is 11.3. The van der Waals surface area contributed by atoms with Gasteiger partial charge in [0.1, 0.15) is 6.04 Å². The van der Waals surface area contributed by atoms with Crippen molar-refractivity contribution in [2.24, 2.45) is 5.73 Å². The molecule has 114 valence electrons. The molecule has 5 N–H and O–H groups in total. The zero-order valence-electron chi connectivity index (χ0n) is 11.3. The monoisotopic (exact) mass is 296 g/mol. The lowest BCUT2D eigenvalue weighted by Gasteiger charge is -2.14. The summed E-state index contributed by atoms with van der Waals surface area (Å²) in [6.45, 7) is -0.0460. The van der Waals surface area contributed by atoms with Crippen LogP contribution in [0.1, 0.15) is 18.1 Å². The van der Waals surface area contributed by atoms with Crippen LogP contribution >= 0.6 is 0 Å². The minimum Gasteiger partial charge on any atom is -0.504 e. The van der Waals surface area contributed by atoms with E-state index in [2.05, 4.69) is 0 Å². The van der Waals surface area contributed by atoms with Crippen LogP contribution in [0.5, 0.6) is 17.2 Å². The van der Waals surface area contributed by atoms with Crippen LogP contribution in [0.15, 0.2) is 12.1 Å². The van der Waals surface area contributed by atoms with Crippen molar-refractivity contribution in [2.75, 3.05) is 13.7 Å². The van der Waals surface area contributed by atoms with Crippen molar-refractivity contribution < 1.29 is 29.6 Å². The lowest BCUT2D eigenvalue weighted by Crippen LogP contribution is -2.31. The molecule has 8 nitrogen and oxygen atoms in total. The summed E-state index contributed by atoms with van der Waals surface area (Å²) < 4.78 is 10.1. The molecule has 0 fully saturated rings. The Morgan fingerprint density at radius 2 is 2.14 bits per heavy atom. The zero-order chi connectivity index (χ0) is 16.0. The summed E-state index contributed by atoms with van der Waals surface area (Å²) >= 11 is 0.